The van der Waals surface area contributed by atoms with Crippen molar-refractivity contribution >= 4 is 17.5 Å². The number of nitrogens with zero attached hydrogens (tertiary/aromatic N) is 2. The number of hydrogen-bond acceptors (Lipinski definition) is 5. The van der Waals surface area contributed by atoms with Gasteiger partial charge in [0, 0.05) is 18.8 Å². The predicted octanol–water partition coefficient (Wildman–Crippen LogP) is 2.75. The Kier molecular flexibility index (Phi) is 4.40. The number of hydrogen-bond donors (Lipinski definition) is 2. The van der Waals surface area contributed by atoms with Crippen molar-refractivity contribution in [2.45, 2.75) is 39.0 Å². The Bertz CT molecular complexity index is 553. The van der Waals surface area contributed by atoms with E-state index in [1.165, 1.54) is 12.3 Å². The summed E-state index contributed by atoms with van der Waals surface area (Å²) >= 11 is 0. The fourth-order valence-electron chi connectivity index (χ4n) is 2.78. The summed E-state index contributed by atoms with van der Waals surface area (Å²) in [5.74, 6) is -0.707. The molecule has 0 amide bonds. The van der Waals surface area contributed by atoms with Crippen LogP contribution in [0, 0.1) is 22.5 Å². The zero-order chi connectivity index (χ0) is 15.5. The quantitative estimate of drug-likeness (QED) is 0.638. The van der Waals surface area contributed by atoms with Crippen molar-refractivity contribution in [3.05, 3.63) is 27.9 Å². The van der Waals surface area contributed by atoms with Gasteiger partial charge in [-0.05, 0) is 25.3 Å². The molecule has 2 rings (SSSR count). The number of carboxylic acids is 1. The van der Waals surface area contributed by atoms with E-state index < -0.39 is 16.3 Å². The first-order valence-electron chi connectivity index (χ1n) is 7.03. The molecule has 0 aliphatic heterocycles. The van der Waals surface area contributed by atoms with Gasteiger partial charge >= 0.3 is 11.7 Å². The van der Waals surface area contributed by atoms with Crippen LogP contribution in [0.25, 0.3) is 0 Å². The Hall–Kier alpha value is -2.18. The number of anilines is 1. The second-order valence-electron chi connectivity index (χ2n) is 5.64. The number of rotatable bonds is 5. The van der Waals surface area contributed by atoms with Crippen molar-refractivity contribution in [3.8, 4) is 0 Å². The standard InChI is InChI=1S/C14H19N3O4/c1-10-7-11(17(20)21)12(15-8-10)16-9-14(13(18)19)5-3-2-4-6-14/h7-8H,2-6,9H2,1H3,(H,15,16)(H,18,19). The molecule has 0 radical (unpaired) electrons. The molecule has 1 aliphatic carbocycles. The molecule has 7 nitrogen and oxygen atoms in total. The summed E-state index contributed by atoms with van der Waals surface area (Å²) in [6.45, 7) is 1.89. The van der Waals surface area contributed by atoms with Crippen molar-refractivity contribution in [2.24, 2.45) is 5.41 Å². The normalized spacial score (nSPS) is 17.2. The molecule has 7 heteroatoms. The van der Waals surface area contributed by atoms with Crippen LogP contribution in [0.1, 0.15) is 37.7 Å². The van der Waals surface area contributed by atoms with E-state index in [1.807, 2.05) is 0 Å². The monoisotopic (exact) mass is 293 g/mol. The van der Waals surface area contributed by atoms with Crippen LogP contribution in [-0.4, -0.2) is 27.5 Å². The smallest absolute Gasteiger partial charge is 0.311 e. The molecule has 0 bridgehead atoms. The average molecular weight is 293 g/mol. The van der Waals surface area contributed by atoms with Crippen molar-refractivity contribution in [3.63, 3.8) is 0 Å². The molecular formula is C14H19N3O4. The number of pyridine rings is 1. The molecule has 2 N–H and O–H groups in total. The lowest BCUT2D eigenvalue weighted by Crippen LogP contribution is -2.39. The maximum atomic E-state index is 11.6. The van der Waals surface area contributed by atoms with Crippen LogP contribution in [0.4, 0.5) is 11.5 Å². The highest BCUT2D eigenvalue weighted by atomic mass is 16.6. The van der Waals surface area contributed by atoms with Crippen LogP contribution >= 0.6 is 0 Å². The number of carbonyl (C=O) groups is 1. The highest BCUT2D eigenvalue weighted by Gasteiger charge is 2.39. The largest absolute Gasteiger partial charge is 0.481 e. The Labute approximate surface area is 122 Å². The van der Waals surface area contributed by atoms with Crippen molar-refractivity contribution in [1.82, 2.24) is 4.98 Å². The van der Waals surface area contributed by atoms with E-state index in [0.717, 1.165) is 19.3 Å². The molecule has 0 unspecified atom stereocenters. The van der Waals surface area contributed by atoms with Gasteiger partial charge in [-0.1, -0.05) is 19.3 Å². The summed E-state index contributed by atoms with van der Waals surface area (Å²) in [5.41, 5.74) is -0.275. The fraction of sp³-hybridized carbons (Fsp3) is 0.571. The maximum Gasteiger partial charge on any atom is 0.311 e. The Morgan fingerprint density at radius 2 is 2.14 bits per heavy atom. The summed E-state index contributed by atoms with van der Waals surface area (Å²) in [4.78, 5) is 26.1. The summed E-state index contributed by atoms with van der Waals surface area (Å²) < 4.78 is 0. The highest BCUT2D eigenvalue weighted by molar-refractivity contribution is 5.76. The van der Waals surface area contributed by atoms with Crippen LogP contribution in [0.15, 0.2) is 12.3 Å². The minimum Gasteiger partial charge on any atom is -0.481 e. The minimum atomic E-state index is -0.849. The topological polar surface area (TPSA) is 105 Å². The fourth-order valence-corrected chi connectivity index (χ4v) is 2.78. The first-order chi connectivity index (χ1) is 9.94. The van der Waals surface area contributed by atoms with Gasteiger partial charge in [-0.3, -0.25) is 14.9 Å². The summed E-state index contributed by atoms with van der Waals surface area (Å²) in [6.07, 6.45) is 5.50. The maximum absolute atomic E-state index is 11.6. The van der Waals surface area contributed by atoms with E-state index >= 15 is 0 Å². The second-order valence-corrected chi connectivity index (χ2v) is 5.64. The number of aryl methyl sites for hydroxylation is 1. The first kappa shape index (κ1) is 15.2. The van der Waals surface area contributed by atoms with Crippen LogP contribution in [-0.2, 0) is 4.79 Å². The Morgan fingerprint density at radius 3 is 2.71 bits per heavy atom. The van der Waals surface area contributed by atoms with E-state index in [1.54, 1.807) is 6.92 Å². The zero-order valence-corrected chi connectivity index (χ0v) is 12.0. The van der Waals surface area contributed by atoms with Gasteiger partial charge in [0.25, 0.3) is 0 Å². The van der Waals surface area contributed by atoms with E-state index in [0.29, 0.717) is 18.4 Å². The van der Waals surface area contributed by atoms with E-state index in [2.05, 4.69) is 10.3 Å². The molecule has 1 saturated carbocycles. The molecular weight excluding hydrogens is 274 g/mol. The van der Waals surface area contributed by atoms with Crippen molar-refractivity contribution < 1.29 is 14.8 Å². The molecule has 0 spiro atoms. The van der Waals surface area contributed by atoms with Gasteiger partial charge in [-0.25, -0.2) is 4.98 Å². The molecule has 21 heavy (non-hydrogen) atoms. The SMILES string of the molecule is Cc1cnc(NCC2(C(=O)O)CCCCC2)c([N+](=O)[O-])c1. The first-order valence-corrected chi connectivity index (χ1v) is 7.03. The van der Waals surface area contributed by atoms with E-state index in [-0.39, 0.29) is 18.1 Å². The van der Waals surface area contributed by atoms with E-state index in [9.17, 15) is 20.0 Å². The molecule has 114 valence electrons. The minimum absolute atomic E-state index is 0.119. The van der Waals surface area contributed by atoms with Gasteiger partial charge in [0.1, 0.15) is 0 Å². The lowest BCUT2D eigenvalue weighted by Gasteiger charge is -2.33. The van der Waals surface area contributed by atoms with Gasteiger partial charge in [-0.2, -0.15) is 0 Å². The average Bonchev–Trinajstić information content (AvgIpc) is 2.46. The molecule has 1 fully saturated rings. The van der Waals surface area contributed by atoms with Gasteiger partial charge < -0.3 is 10.4 Å². The van der Waals surface area contributed by atoms with E-state index in [4.69, 9.17) is 0 Å². The van der Waals surface area contributed by atoms with Gasteiger partial charge in [0.15, 0.2) is 0 Å². The molecule has 0 aromatic carbocycles. The molecule has 1 aromatic rings. The number of carboxylic acid groups (broad SMARTS) is 1. The predicted molar refractivity (Wildman–Crippen MR) is 77.3 cm³/mol. The molecule has 1 heterocycles. The molecule has 0 atom stereocenters. The zero-order valence-electron chi connectivity index (χ0n) is 12.0. The third-order valence-corrected chi connectivity index (χ3v) is 4.06. The Morgan fingerprint density at radius 1 is 1.48 bits per heavy atom. The molecule has 1 aliphatic rings. The third kappa shape index (κ3) is 3.29. The molecule has 1 aromatic heterocycles. The lowest BCUT2D eigenvalue weighted by molar-refractivity contribution is -0.384. The lowest BCUT2D eigenvalue weighted by atomic mass is 9.74. The number of aliphatic carboxylic acids is 1. The Balaban J connectivity index is 2.18. The summed E-state index contributed by atoms with van der Waals surface area (Å²) in [7, 11) is 0. The van der Waals surface area contributed by atoms with Crippen molar-refractivity contribution in [2.75, 3.05) is 11.9 Å². The third-order valence-electron chi connectivity index (χ3n) is 4.06. The van der Waals surface area contributed by atoms with Gasteiger partial charge in [0.05, 0.1) is 10.3 Å². The van der Waals surface area contributed by atoms with Gasteiger partial charge in [-0.15, -0.1) is 0 Å². The number of aromatic nitrogens is 1. The van der Waals surface area contributed by atoms with Gasteiger partial charge in [0.2, 0.25) is 5.82 Å². The highest BCUT2D eigenvalue weighted by Crippen LogP contribution is 2.37. The van der Waals surface area contributed by atoms with Crippen LogP contribution in [0.5, 0.6) is 0 Å². The number of nitro groups is 1. The summed E-state index contributed by atoms with van der Waals surface area (Å²) in [6, 6.07) is 1.43. The van der Waals surface area contributed by atoms with Crippen LogP contribution < -0.4 is 5.32 Å². The van der Waals surface area contributed by atoms with Crippen LogP contribution in [0.2, 0.25) is 0 Å². The molecule has 0 saturated heterocycles. The number of nitrogens with one attached hydrogen (secondary N) is 1. The second kappa shape index (κ2) is 6.07. The summed E-state index contributed by atoms with van der Waals surface area (Å²) in [5, 5.41) is 23.4. The van der Waals surface area contributed by atoms with Crippen molar-refractivity contribution in [1.29, 1.82) is 0 Å². The van der Waals surface area contributed by atoms with Crippen LogP contribution in [0.3, 0.4) is 0 Å².